The fourth-order valence-electron chi connectivity index (χ4n) is 1.72. The van der Waals surface area contributed by atoms with Crippen molar-refractivity contribution in [3.63, 3.8) is 0 Å². The number of thioether (sulfide) groups is 1. The number of amides is 1. The Kier molecular flexibility index (Phi) is 5.15. The Morgan fingerprint density at radius 3 is 2.43 bits per heavy atom. The monoisotopic (exact) mass is 342 g/mol. The van der Waals surface area contributed by atoms with Crippen LogP contribution in [0.5, 0.6) is 0 Å². The van der Waals surface area contributed by atoms with Crippen molar-refractivity contribution in [1.29, 1.82) is 0 Å². The molecular formula is C15H13F3N2O2S. The SMILES string of the molecule is CC(Sc1cccc[n+]1[O-])C(=O)Nc1ccc(C(F)(F)F)cc1. The standard InChI is InChI=1S/C15H13F3N2O2S/c1-10(23-13-4-2-3-9-20(13)22)14(21)19-12-7-5-11(6-8-12)15(16,17)18/h2-10H,1H3,(H,19,21). The zero-order valence-corrected chi connectivity index (χ0v) is 12.8. The Morgan fingerprint density at radius 2 is 1.87 bits per heavy atom. The van der Waals surface area contributed by atoms with Crippen LogP contribution >= 0.6 is 11.8 Å². The molecule has 1 aromatic carbocycles. The van der Waals surface area contributed by atoms with Crippen molar-refractivity contribution < 1.29 is 22.7 Å². The Morgan fingerprint density at radius 1 is 1.22 bits per heavy atom. The van der Waals surface area contributed by atoms with E-state index in [1.165, 1.54) is 18.3 Å². The summed E-state index contributed by atoms with van der Waals surface area (Å²) in [7, 11) is 0. The number of carbonyl (C=O) groups is 1. The second kappa shape index (κ2) is 6.91. The predicted molar refractivity (Wildman–Crippen MR) is 80.8 cm³/mol. The largest absolute Gasteiger partial charge is 0.618 e. The maximum Gasteiger partial charge on any atom is 0.416 e. The van der Waals surface area contributed by atoms with Crippen LogP contribution in [0, 0.1) is 5.21 Å². The zero-order valence-electron chi connectivity index (χ0n) is 12.0. The molecule has 1 heterocycles. The van der Waals surface area contributed by atoms with Crippen molar-refractivity contribution >= 4 is 23.4 Å². The number of hydrogen-bond donors (Lipinski definition) is 1. The van der Waals surface area contributed by atoms with E-state index in [9.17, 15) is 23.2 Å². The second-order valence-corrected chi connectivity index (χ2v) is 6.05. The van der Waals surface area contributed by atoms with Crippen molar-refractivity contribution in [3.8, 4) is 0 Å². The molecule has 1 aromatic heterocycles. The van der Waals surface area contributed by atoms with Gasteiger partial charge in [-0.3, -0.25) is 4.79 Å². The number of rotatable bonds is 4. The van der Waals surface area contributed by atoms with Crippen LogP contribution in [-0.4, -0.2) is 11.2 Å². The number of aromatic nitrogens is 1. The maximum atomic E-state index is 12.5. The van der Waals surface area contributed by atoms with Crippen molar-refractivity contribution in [3.05, 3.63) is 59.4 Å². The van der Waals surface area contributed by atoms with E-state index in [0.717, 1.165) is 23.9 Å². The van der Waals surface area contributed by atoms with Gasteiger partial charge < -0.3 is 10.5 Å². The lowest BCUT2D eigenvalue weighted by atomic mass is 10.2. The topological polar surface area (TPSA) is 56.0 Å². The van der Waals surface area contributed by atoms with Gasteiger partial charge in [0, 0.05) is 17.8 Å². The van der Waals surface area contributed by atoms with Gasteiger partial charge in [0.1, 0.15) is 0 Å². The number of carbonyl (C=O) groups excluding carboxylic acids is 1. The van der Waals surface area contributed by atoms with Crippen LogP contribution in [0.15, 0.2) is 53.7 Å². The third-order valence-corrected chi connectivity index (χ3v) is 4.06. The summed E-state index contributed by atoms with van der Waals surface area (Å²) in [4.78, 5) is 12.0. The molecule has 0 spiro atoms. The van der Waals surface area contributed by atoms with Gasteiger partial charge in [-0.05, 0) is 49.0 Å². The summed E-state index contributed by atoms with van der Waals surface area (Å²) >= 11 is 1.06. The van der Waals surface area contributed by atoms with Gasteiger partial charge in [0.15, 0.2) is 6.20 Å². The highest BCUT2D eigenvalue weighted by Gasteiger charge is 2.30. The number of hydrogen-bond acceptors (Lipinski definition) is 3. The molecule has 1 amide bonds. The third-order valence-electron chi connectivity index (χ3n) is 2.94. The van der Waals surface area contributed by atoms with Crippen molar-refractivity contribution in [2.24, 2.45) is 0 Å². The van der Waals surface area contributed by atoms with Crippen LogP contribution in [0.3, 0.4) is 0 Å². The Labute approximate surface area is 134 Å². The molecule has 1 unspecified atom stereocenters. The fraction of sp³-hybridized carbons (Fsp3) is 0.200. The molecule has 0 saturated carbocycles. The van der Waals surface area contributed by atoms with E-state index in [1.54, 1.807) is 25.1 Å². The van der Waals surface area contributed by atoms with Crippen LogP contribution in [0.1, 0.15) is 12.5 Å². The molecule has 2 rings (SSSR count). The van der Waals surface area contributed by atoms with E-state index in [2.05, 4.69) is 5.32 Å². The van der Waals surface area contributed by atoms with Gasteiger partial charge in [0.25, 0.3) is 5.03 Å². The number of benzene rings is 1. The molecule has 122 valence electrons. The minimum absolute atomic E-state index is 0.263. The lowest BCUT2D eigenvalue weighted by Gasteiger charge is -2.12. The molecule has 1 atom stereocenters. The first-order valence-corrected chi connectivity index (χ1v) is 7.48. The first-order valence-electron chi connectivity index (χ1n) is 6.60. The highest BCUT2D eigenvalue weighted by atomic mass is 32.2. The van der Waals surface area contributed by atoms with Gasteiger partial charge in [-0.25, -0.2) is 0 Å². The van der Waals surface area contributed by atoms with Crippen LogP contribution in [0.25, 0.3) is 0 Å². The fourth-order valence-corrected chi connectivity index (χ4v) is 2.58. The molecular weight excluding hydrogens is 329 g/mol. The summed E-state index contributed by atoms with van der Waals surface area (Å²) in [5, 5.41) is 13.8. The smallest absolute Gasteiger partial charge is 0.416 e. The van der Waals surface area contributed by atoms with Gasteiger partial charge in [0.2, 0.25) is 5.91 Å². The van der Waals surface area contributed by atoms with Crippen LogP contribution in [0.2, 0.25) is 0 Å². The highest BCUT2D eigenvalue weighted by Crippen LogP contribution is 2.30. The van der Waals surface area contributed by atoms with E-state index < -0.39 is 22.9 Å². The third kappa shape index (κ3) is 4.62. The van der Waals surface area contributed by atoms with E-state index >= 15 is 0 Å². The van der Waals surface area contributed by atoms with E-state index in [4.69, 9.17) is 0 Å². The summed E-state index contributed by atoms with van der Waals surface area (Å²) in [5.74, 6) is -0.404. The van der Waals surface area contributed by atoms with Gasteiger partial charge in [0.05, 0.1) is 10.8 Å². The first kappa shape index (κ1) is 17.1. The Hall–Kier alpha value is -2.22. The molecule has 1 N–H and O–H groups in total. The molecule has 23 heavy (non-hydrogen) atoms. The number of nitrogens with zero attached hydrogens (tertiary/aromatic N) is 1. The Balaban J connectivity index is 2.00. The molecule has 0 radical (unpaired) electrons. The Bertz CT molecular complexity index is 690. The van der Waals surface area contributed by atoms with Crippen molar-refractivity contribution in [2.45, 2.75) is 23.4 Å². The molecule has 8 heteroatoms. The lowest BCUT2D eigenvalue weighted by Crippen LogP contribution is -2.30. The minimum atomic E-state index is -4.42. The number of pyridine rings is 1. The average molecular weight is 342 g/mol. The van der Waals surface area contributed by atoms with Crippen LogP contribution < -0.4 is 10.0 Å². The van der Waals surface area contributed by atoms with E-state index in [0.29, 0.717) is 9.76 Å². The number of alkyl halides is 3. The lowest BCUT2D eigenvalue weighted by molar-refractivity contribution is -0.645. The molecule has 0 aliphatic rings. The zero-order chi connectivity index (χ0) is 17.0. The number of anilines is 1. The van der Waals surface area contributed by atoms with E-state index in [1.807, 2.05) is 0 Å². The van der Waals surface area contributed by atoms with Gasteiger partial charge >= 0.3 is 6.18 Å². The molecule has 0 aliphatic heterocycles. The highest BCUT2D eigenvalue weighted by molar-refractivity contribution is 8.00. The molecule has 0 aliphatic carbocycles. The molecule has 0 saturated heterocycles. The number of nitrogens with one attached hydrogen (secondary N) is 1. The predicted octanol–water partition coefficient (Wildman–Crippen LogP) is 3.46. The quantitative estimate of drug-likeness (QED) is 0.526. The first-order chi connectivity index (χ1) is 10.8. The molecule has 4 nitrogen and oxygen atoms in total. The van der Waals surface area contributed by atoms with Gasteiger partial charge in [-0.15, -0.1) is 0 Å². The normalized spacial score (nSPS) is 12.7. The summed E-state index contributed by atoms with van der Waals surface area (Å²) in [6.07, 6.45) is -3.09. The summed E-state index contributed by atoms with van der Waals surface area (Å²) in [5.41, 5.74) is -0.520. The summed E-state index contributed by atoms with van der Waals surface area (Å²) < 4.78 is 38.0. The average Bonchev–Trinajstić information content (AvgIpc) is 2.49. The van der Waals surface area contributed by atoms with Crippen LogP contribution in [-0.2, 0) is 11.0 Å². The minimum Gasteiger partial charge on any atom is -0.618 e. The van der Waals surface area contributed by atoms with Gasteiger partial charge in [-0.2, -0.15) is 17.9 Å². The van der Waals surface area contributed by atoms with Crippen molar-refractivity contribution in [1.82, 2.24) is 0 Å². The summed E-state index contributed by atoms with van der Waals surface area (Å²) in [6, 6.07) is 9.01. The second-order valence-electron chi connectivity index (χ2n) is 4.69. The van der Waals surface area contributed by atoms with Crippen LogP contribution in [0.4, 0.5) is 18.9 Å². The maximum absolute atomic E-state index is 12.5. The molecule has 0 fully saturated rings. The van der Waals surface area contributed by atoms with E-state index in [-0.39, 0.29) is 5.69 Å². The van der Waals surface area contributed by atoms with Gasteiger partial charge in [-0.1, -0.05) is 0 Å². The molecule has 0 bridgehead atoms. The summed E-state index contributed by atoms with van der Waals surface area (Å²) in [6.45, 7) is 1.61. The van der Waals surface area contributed by atoms with Crippen molar-refractivity contribution in [2.75, 3.05) is 5.32 Å². The number of halogens is 3. The molecule has 2 aromatic rings.